The summed E-state index contributed by atoms with van der Waals surface area (Å²) in [5, 5.41) is 0. The summed E-state index contributed by atoms with van der Waals surface area (Å²) in [4.78, 5) is 11.0. The number of aromatic nitrogens is 2. The summed E-state index contributed by atoms with van der Waals surface area (Å²) < 4.78 is 0. The molecule has 0 saturated carbocycles. The summed E-state index contributed by atoms with van der Waals surface area (Å²) in [5.74, 6) is 7.65. The van der Waals surface area contributed by atoms with Crippen LogP contribution >= 0.6 is 0 Å². The van der Waals surface area contributed by atoms with Crippen LogP contribution in [0.4, 0.5) is 11.8 Å². The maximum absolute atomic E-state index is 5.38. The molecule has 0 spiro atoms. The molecule has 1 saturated heterocycles. The van der Waals surface area contributed by atoms with E-state index < -0.39 is 0 Å². The van der Waals surface area contributed by atoms with Gasteiger partial charge in [0.25, 0.3) is 0 Å². The van der Waals surface area contributed by atoms with Crippen molar-refractivity contribution in [3.8, 4) is 0 Å². The Kier molecular flexibility index (Phi) is 3.78. The molecule has 1 aliphatic heterocycles. The van der Waals surface area contributed by atoms with E-state index in [1.54, 1.807) is 0 Å². The Morgan fingerprint density at radius 1 is 1.53 bits per heavy atom. The number of aryl methyl sites for hydroxylation is 1. The molecule has 1 unspecified atom stereocenters. The quantitative estimate of drug-likeness (QED) is 0.616. The summed E-state index contributed by atoms with van der Waals surface area (Å²) >= 11 is 0. The Hall–Kier alpha value is -1.36. The molecule has 1 aliphatic rings. The van der Waals surface area contributed by atoms with Crippen LogP contribution in [-0.4, -0.2) is 23.1 Å². The van der Waals surface area contributed by atoms with E-state index in [0.29, 0.717) is 5.95 Å². The van der Waals surface area contributed by atoms with Crippen molar-refractivity contribution in [1.82, 2.24) is 9.97 Å². The Bertz CT molecular complexity index is 379. The van der Waals surface area contributed by atoms with E-state index in [-0.39, 0.29) is 0 Å². The van der Waals surface area contributed by atoms with Crippen molar-refractivity contribution in [2.45, 2.75) is 33.1 Å². The monoisotopic (exact) mass is 235 g/mol. The molecule has 1 atom stereocenters. The number of hydrogen-bond acceptors (Lipinski definition) is 5. The molecule has 0 aromatic carbocycles. The molecule has 1 aromatic heterocycles. The summed E-state index contributed by atoms with van der Waals surface area (Å²) in [6, 6.07) is 2.03. The first-order valence-electron chi connectivity index (χ1n) is 6.30. The summed E-state index contributed by atoms with van der Waals surface area (Å²) in [6.07, 6.45) is 3.81. The van der Waals surface area contributed by atoms with E-state index in [0.717, 1.165) is 30.5 Å². The molecule has 17 heavy (non-hydrogen) atoms. The average molecular weight is 235 g/mol. The minimum absolute atomic E-state index is 0.499. The van der Waals surface area contributed by atoms with Gasteiger partial charge in [-0.2, -0.15) is 4.98 Å². The van der Waals surface area contributed by atoms with Gasteiger partial charge in [-0.3, -0.25) is 5.43 Å². The zero-order valence-corrected chi connectivity index (χ0v) is 10.6. The number of nitrogens with two attached hydrogens (primary N) is 1. The predicted molar refractivity (Wildman–Crippen MR) is 69.8 cm³/mol. The van der Waals surface area contributed by atoms with Gasteiger partial charge in [0.2, 0.25) is 5.95 Å². The van der Waals surface area contributed by atoms with Gasteiger partial charge < -0.3 is 4.90 Å². The first kappa shape index (κ1) is 12.1. The molecule has 3 N–H and O–H groups in total. The van der Waals surface area contributed by atoms with Gasteiger partial charge in [0, 0.05) is 24.8 Å². The Labute approximate surface area is 102 Å². The molecule has 0 amide bonds. The number of nitrogen functional groups attached to an aromatic ring is 1. The van der Waals surface area contributed by atoms with Gasteiger partial charge in [-0.25, -0.2) is 10.8 Å². The number of nitrogens with zero attached hydrogens (tertiary/aromatic N) is 3. The number of rotatable bonds is 3. The summed E-state index contributed by atoms with van der Waals surface area (Å²) in [5.41, 5.74) is 3.47. The maximum Gasteiger partial charge on any atom is 0.239 e. The van der Waals surface area contributed by atoms with Gasteiger partial charge >= 0.3 is 0 Å². The lowest BCUT2D eigenvalue weighted by atomic mass is 9.96. The van der Waals surface area contributed by atoms with Gasteiger partial charge in [0.05, 0.1) is 0 Å². The van der Waals surface area contributed by atoms with Gasteiger partial charge in [-0.1, -0.05) is 13.3 Å². The molecule has 2 rings (SSSR count). The topological polar surface area (TPSA) is 67.1 Å². The van der Waals surface area contributed by atoms with E-state index in [1.165, 1.54) is 19.3 Å². The zero-order chi connectivity index (χ0) is 12.3. The second-order valence-corrected chi connectivity index (χ2v) is 4.70. The van der Waals surface area contributed by atoms with Crippen LogP contribution < -0.4 is 16.2 Å². The van der Waals surface area contributed by atoms with Crippen LogP contribution in [0.3, 0.4) is 0 Å². The molecule has 5 nitrogen and oxygen atoms in total. The molecule has 5 heteroatoms. The smallest absolute Gasteiger partial charge is 0.239 e. The predicted octanol–water partition coefficient (Wildman–Crippen LogP) is 1.70. The Morgan fingerprint density at radius 3 is 3.06 bits per heavy atom. The van der Waals surface area contributed by atoms with Crippen molar-refractivity contribution < 1.29 is 0 Å². The third-order valence-corrected chi connectivity index (χ3v) is 3.39. The van der Waals surface area contributed by atoms with Crippen molar-refractivity contribution in [2.24, 2.45) is 11.8 Å². The second-order valence-electron chi connectivity index (χ2n) is 4.70. The lowest BCUT2D eigenvalue weighted by Gasteiger charge is -2.33. The lowest BCUT2D eigenvalue weighted by Crippen LogP contribution is -2.36. The highest BCUT2D eigenvalue weighted by Gasteiger charge is 2.20. The fourth-order valence-electron chi connectivity index (χ4n) is 2.38. The van der Waals surface area contributed by atoms with Gasteiger partial charge in [0.1, 0.15) is 5.82 Å². The number of piperidine rings is 1. The molecule has 94 valence electrons. The van der Waals surface area contributed by atoms with Crippen LogP contribution in [0.1, 0.15) is 31.9 Å². The van der Waals surface area contributed by atoms with Crippen LogP contribution in [0.25, 0.3) is 0 Å². The Balaban J connectivity index is 2.18. The van der Waals surface area contributed by atoms with Gasteiger partial charge in [-0.05, 0) is 25.7 Å². The van der Waals surface area contributed by atoms with Crippen molar-refractivity contribution >= 4 is 11.8 Å². The van der Waals surface area contributed by atoms with Crippen LogP contribution in [0.15, 0.2) is 6.07 Å². The van der Waals surface area contributed by atoms with Gasteiger partial charge in [-0.15, -0.1) is 0 Å². The van der Waals surface area contributed by atoms with Crippen molar-refractivity contribution in [2.75, 3.05) is 23.4 Å². The van der Waals surface area contributed by atoms with Crippen molar-refractivity contribution in [1.29, 1.82) is 0 Å². The van der Waals surface area contributed by atoms with Crippen LogP contribution in [-0.2, 0) is 0 Å². The first-order chi connectivity index (χ1) is 8.22. The summed E-state index contributed by atoms with van der Waals surface area (Å²) in [7, 11) is 0. The van der Waals surface area contributed by atoms with E-state index >= 15 is 0 Å². The Morgan fingerprint density at radius 2 is 2.35 bits per heavy atom. The van der Waals surface area contributed by atoms with Crippen molar-refractivity contribution in [3.63, 3.8) is 0 Å². The average Bonchev–Trinajstić information content (AvgIpc) is 2.38. The van der Waals surface area contributed by atoms with Crippen LogP contribution in [0, 0.1) is 12.8 Å². The van der Waals surface area contributed by atoms with E-state index in [2.05, 4.69) is 27.2 Å². The number of nitrogens with one attached hydrogen (secondary N) is 1. The largest absolute Gasteiger partial charge is 0.356 e. The zero-order valence-electron chi connectivity index (χ0n) is 10.6. The van der Waals surface area contributed by atoms with E-state index in [9.17, 15) is 0 Å². The molecule has 0 aliphatic carbocycles. The molecular formula is C12H21N5. The van der Waals surface area contributed by atoms with E-state index in [4.69, 9.17) is 5.84 Å². The lowest BCUT2D eigenvalue weighted by molar-refractivity contribution is 0.403. The van der Waals surface area contributed by atoms with E-state index in [1.807, 2.05) is 13.0 Å². The fraction of sp³-hybridized carbons (Fsp3) is 0.667. The highest BCUT2D eigenvalue weighted by atomic mass is 15.3. The van der Waals surface area contributed by atoms with Crippen molar-refractivity contribution in [3.05, 3.63) is 11.8 Å². The second kappa shape index (κ2) is 5.31. The van der Waals surface area contributed by atoms with Crippen LogP contribution in [0.5, 0.6) is 0 Å². The third-order valence-electron chi connectivity index (χ3n) is 3.39. The highest BCUT2D eigenvalue weighted by Crippen LogP contribution is 2.24. The molecular weight excluding hydrogens is 214 g/mol. The first-order valence-corrected chi connectivity index (χ1v) is 6.30. The molecule has 0 radical (unpaired) electrons. The third kappa shape index (κ3) is 2.85. The number of anilines is 2. The normalized spacial score (nSPS) is 20.4. The number of hydrazine groups is 1. The van der Waals surface area contributed by atoms with Crippen LogP contribution in [0.2, 0.25) is 0 Å². The number of hydrogen-bond donors (Lipinski definition) is 2. The fourth-order valence-corrected chi connectivity index (χ4v) is 2.38. The highest BCUT2D eigenvalue weighted by molar-refractivity contribution is 5.44. The SMILES string of the molecule is CCC1CCCN(c2cc(C)nc(NN)n2)C1. The molecule has 1 aromatic rings. The summed E-state index contributed by atoms with van der Waals surface area (Å²) in [6.45, 7) is 6.40. The maximum atomic E-state index is 5.38. The minimum atomic E-state index is 0.499. The van der Waals surface area contributed by atoms with Gasteiger partial charge in [0.15, 0.2) is 0 Å². The molecule has 0 bridgehead atoms. The molecule has 1 fully saturated rings. The molecule has 2 heterocycles. The standard InChI is InChI=1S/C12H21N5/c1-3-10-5-4-6-17(8-10)11-7-9(2)14-12(15-11)16-13/h7,10H,3-6,8,13H2,1-2H3,(H,14,15,16). The minimum Gasteiger partial charge on any atom is -0.356 e.